The number of ether oxygens (including phenoxy) is 3. The SMILES string of the molecule is CCOC(=O)CC1(O)CCCC(C=CC(CCCc2ccc(OC)c(OC)c2)O[Si](C)(C)C(C)(C)C)C1. The van der Waals surface area contributed by atoms with E-state index in [1.165, 1.54) is 5.56 Å². The second kappa shape index (κ2) is 13.8. The van der Waals surface area contributed by atoms with E-state index in [4.69, 9.17) is 18.6 Å². The zero-order valence-corrected chi connectivity index (χ0v) is 25.4. The van der Waals surface area contributed by atoms with Gasteiger partial charge in [-0.05, 0) is 93.6 Å². The molecule has 1 saturated carbocycles. The number of aliphatic hydroxyl groups is 1. The van der Waals surface area contributed by atoms with Crippen LogP contribution in [0.2, 0.25) is 18.1 Å². The molecule has 1 aromatic rings. The number of allylic oxidation sites excluding steroid dienone is 1. The Hall–Kier alpha value is -1.83. The van der Waals surface area contributed by atoms with Crippen LogP contribution in [0.15, 0.2) is 30.4 Å². The third-order valence-electron chi connectivity index (χ3n) is 7.89. The van der Waals surface area contributed by atoms with E-state index in [2.05, 4.69) is 52.1 Å². The summed E-state index contributed by atoms with van der Waals surface area (Å²) in [5.41, 5.74) is 0.229. The number of hydrogen-bond donors (Lipinski definition) is 1. The van der Waals surface area contributed by atoms with Crippen molar-refractivity contribution in [2.75, 3.05) is 20.8 Å². The van der Waals surface area contributed by atoms with Crippen molar-refractivity contribution in [2.45, 2.75) is 109 Å². The molecule has 0 radical (unpaired) electrons. The summed E-state index contributed by atoms with van der Waals surface area (Å²) in [7, 11) is 1.34. The Balaban J connectivity index is 2.09. The number of esters is 1. The summed E-state index contributed by atoms with van der Waals surface area (Å²) in [4.78, 5) is 12.0. The second-order valence-corrected chi connectivity index (χ2v) is 16.7. The fourth-order valence-electron chi connectivity index (χ4n) is 4.77. The first kappa shape index (κ1) is 31.4. The van der Waals surface area contributed by atoms with Crippen LogP contribution >= 0.6 is 0 Å². The lowest BCUT2D eigenvalue weighted by molar-refractivity contribution is -0.150. The predicted octanol–water partition coefficient (Wildman–Crippen LogP) is 6.85. The fraction of sp³-hybridized carbons (Fsp3) is 0.700. The molecular weight excluding hydrogens is 484 g/mol. The lowest BCUT2D eigenvalue weighted by atomic mass is 9.76. The van der Waals surface area contributed by atoms with Crippen molar-refractivity contribution in [2.24, 2.45) is 5.92 Å². The molecule has 2 rings (SSSR count). The van der Waals surface area contributed by atoms with Crippen LogP contribution in [-0.2, 0) is 20.4 Å². The first-order chi connectivity index (χ1) is 17.3. The summed E-state index contributed by atoms with van der Waals surface area (Å²) in [5, 5.41) is 11.2. The van der Waals surface area contributed by atoms with Gasteiger partial charge in [-0.25, -0.2) is 0 Å². The van der Waals surface area contributed by atoms with Gasteiger partial charge >= 0.3 is 5.97 Å². The fourth-order valence-corrected chi connectivity index (χ4v) is 6.07. The van der Waals surface area contributed by atoms with Gasteiger partial charge in [0.15, 0.2) is 19.8 Å². The normalized spacial score (nSPS) is 21.6. The maximum atomic E-state index is 12.0. The number of benzene rings is 1. The summed E-state index contributed by atoms with van der Waals surface area (Å²) >= 11 is 0. The van der Waals surface area contributed by atoms with E-state index in [0.29, 0.717) is 19.4 Å². The molecule has 37 heavy (non-hydrogen) atoms. The quantitative estimate of drug-likeness (QED) is 0.169. The van der Waals surface area contributed by atoms with Crippen LogP contribution in [-0.4, -0.2) is 51.9 Å². The van der Waals surface area contributed by atoms with Crippen molar-refractivity contribution in [3.05, 3.63) is 35.9 Å². The minimum Gasteiger partial charge on any atom is -0.493 e. The van der Waals surface area contributed by atoms with Gasteiger partial charge in [0.1, 0.15) is 0 Å². The van der Waals surface area contributed by atoms with Crippen molar-refractivity contribution in [3.63, 3.8) is 0 Å². The third-order valence-corrected chi connectivity index (χ3v) is 12.4. The molecular formula is C30H50O6Si. The van der Waals surface area contributed by atoms with Gasteiger partial charge in [0.05, 0.1) is 39.0 Å². The Morgan fingerprint density at radius 1 is 1.22 bits per heavy atom. The molecule has 210 valence electrons. The summed E-state index contributed by atoms with van der Waals surface area (Å²) in [6.45, 7) is 13.5. The number of rotatable bonds is 13. The number of hydrogen-bond acceptors (Lipinski definition) is 6. The molecule has 1 aliphatic carbocycles. The highest BCUT2D eigenvalue weighted by molar-refractivity contribution is 6.74. The smallest absolute Gasteiger partial charge is 0.308 e. The van der Waals surface area contributed by atoms with Gasteiger partial charge in [-0.1, -0.05) is 39.0 Å². The van der Waals surface area contributed by atoms with Crippen molar-refractivity contribution < 1.29 is 28.5 Å². The molecule has 3 atom stereocenters. The van der Waals surface area contributed by atoms with Gasteiger partial charge in [-0.2, -0.15) is 0 Å². The number of methoxy groups -OCH3 is 2. The van der Waals surface area contributed by atoms with E-state index < -0.39 is 13.9 Å². The topological polar surface area (TPSA) is 74.2 Å². The molecule has 1 aromatic carbocycles. The maximum absolute atomic E-state index is 12.0. The third kappa shape index (κ3) is 9.77. The highest BCUT2D eigenvalue weighted by Gasteiger charge is 2.39. The standard InChI is InChI=1S/C30H50O6Si/c1-9-35-28(31)22-30(32)19-11-13-24(21-30)15-17-25(36-37(7,8)29(2,3)4)14-10-12-23-16-18-26(33-5)27(20-23)34-6/h15-18,20,24-25,32H,9-14,19,21-22H2,1-8H3. The Morgan fingerprint density at radius 3 is 2.54 bits per heavy atom. The molecule has 0 spiro atoms. The Morgan fingerprint density at radius 2 is 1.92 bits per heavy atom. The molecule has 3 unspecified atom stereocenters. The first-order valence-corrected chi connectivity index (χ1v) is 16.7. The molecule has 0 bridgehead atoms. The van der Waals surface area contributed by atoms with Gasteiger partial charge in [0, 0.05) is 0 Å². The van der Waals surface area contributed by atoms with Gasteiger partial charge < -0.3 is 23.7 Å². The molecule has 0 heterocycles. The van der Waals surface area contributed by atoms with Crippen LogP contribution in [0.4, 0.5) is 0 Å². The van der Waals surface area contributed by atoms with Crippen molar-refractivity contribution in [3.8, 4) is 11.5 Å². The second-order valence-electron chi connectivity index (χ2n) is 11.9. The van der Waals surface area contributed by atoms with Gasteiger partial charge in [-0.3, -0.25) is 4.79 Å². The molecule has 1 fully saturated rings. The van der Waals surface area contributed by atoms with Crippen LogP contribution in [0.1, 0.15) is 78.2 Å². The van der Waals surface area contributed by atoms with Crippen molar-refractivity contribution in [1.29, 1.82) is 0 Å². The molecule has 0 saturated heterocycles. The number of carbonyl (C=O) groups is 1. The average molecular weight is 535 g/mol. The van der Waals surface area contributed by atoms with Gasteiger partial charge in [-0.15, -0.1) is 0 Å². The molecule has 0 aliphatic heterocycles. The van der Waals surface area contributed by atoms with Crippen LogP contribution in [0.25, 0.3) is 0 Å². The van der Waals surface area contributed by atoms with E-state index in [-0.39, 0.29) is 29.5 Å². The number of carbonyl (C=O) groups excluding carboxylic acids is 1. The van der Waals surface area contributed by atoms with E-state index in [9.17, 15) is 9.90 Å². The Labute approximate surface area is 225 Å². The minimum absolute atomic E-state index is 0.0149. The highest BCUT2D eigenvalue weighted by Crippen LogP contribution is 2.39. The summed E-state index contributed by atoms with van der Waals surface area (Å²) in [6, 6.07) is 6.09. The number of aryl methyl sites for hydroxylation is 1. The van der Waals surface area contributed by atoms with E-state index >= 15 is 0 Å². The Kier molecular flexibility index (Phi) is 11.7. The van der Waals surface area contributed by atoms with Crippen molar-refractivity contribution >= 4 is 14.3 Å². The lowest BCUT2D eigenvalue weighted by Crippen LogP contribution is -2.43. The van der Waals surface area contributed by atoms with Crippen molar-refractivity contribution in [1.82, 2.24) is 0 Å². The molecule has 7 heteroatoms. The minimum atomic E-state index is -1.97. The largest absolute Gasteiger partial charge is 0.493 e. The van der Waals surface area contributed by atoms with E-state index in [1.54, 1.807) is 21.1 Å². The average Bonchev–Trinajstić information content (AvgIpc) is 2.81. The molecule has 1 N–H and O–H groups in total. The molecule has 0 amide bonds. The van der Waals surface area contributed by atoms with Crippen LogP contribution in [0, 0.1) is 5.92 Å². The van der Waals surface area contributed by atoms with E-state index in [1.807, 2.05) is 12.1 Å². The van der Waals surface area contributed by atoms with E-state index in [0.717, 1.165) is 43.6 Å². The first-order valence-electron chi connectivity index (χ1n) is 13.8. The summed E-state index contributed by atoms with van der Waals surface area (Å²) in [6.07, 6.45) is 10.5. The van der Waals surface area contributed by atoms with Crippen LogP contribution in [0.5, 0.6) is 11.5 Å². The highest BCUT2D eigenvalue weighted by atomic mass is 28.4. The lowest BCUT2D eigenvalue weighted by Gasteiger charge is -2.39. The maximum Gasteiger partial charge on any atom is 0.308 e. The monoisotopic (exact) mass is 534 g/mol. The zero-order valence-electron chi connectivity index (χ0n) is 24.4. The molecule has 6 nitrogen and oxygen atoms in total. The summed E-state index contributed by atoms with van der Waals surface area (Å²) < 4.78 is 22.8. The molecule has 1 aliphatic rings. The zero-order chi connectivity index (χ0) is 27.7. The van der Waals surface area contributed by atoms with Crippen LogP contribution in [0.3, 0.4) is 0 Å². The van der Waals surface area contributed by atoms with Gasteiger partial charge in [0.2, 0.25) is 0 Å². The molecule has 0 aromatic heterocycles. The predicted molar refractivity (Wildman–Crippen MR) is 152 cm³/mol. The van der Waals surface area contributed by atoms with Crippen LogP contribution < -0.4 is 9.47 Å². The Bertz CT molecular complexity index is 891. The van der Waals surface area contributed by atoms with Gasteiger partial charge in [0.25, 0.3) is 0 Å². The summed E-state index contributed by atoms with van der Waals surface area (Å²) in [5.74, 6) is 1.40.